The first-order valence-electron chi connectivity index (χ1n) is 7.81. The number of anilines is 2. The highest BCUT2D eigenvalue weighted by Crippen LogP contribution is 2.29. The van der Waals surface area contributed by atoms with Gasteiger partial charge in [0, 0.05) is 6.92 Å². The van der Waals surface area contributed by atoms with Gasteiger partial charge in [-0.15, -0.1) is 0 Å². The lowest BCUT2D eigenvalue weighted by molar-refractivity contribution is -0.114. The maximum atomic E-state index is 12.5. The van der Waals surface area contributed by atoms with E-state index in [2.05, 4.69) is 15.0 Å². The van der Waals surface area contributed by atoms with Crippen LogP contribution in [-0.4, -0.2) is 25.9 Å². The summed E-state index contributed by atoms with van der Waals surface area (Å²) in [5.74, 6) is 0.406. The van der Waals surface area contributed by atoms with Gasteiger partial charge in [0.15, 0.2) is 5.13 Å². The van der Waals surface area contributed by atoms with E-state index in [1.165, 1.54) is 30.4 Å². The Bertz CT molecular complexity index is 1040. The summed E-state index contributed by atoms with van der Waals surface area (Å²) in [6.07, 6.45) is 0. The molecule has 0 saturated heterocycles. The van der Waals surface area contributed by atoms with Crippen LogP contribution in [0.15, 0.2) is 47.4 Å². The zero-order valence-corrected chi connectivity index (χ0v) is 15.8. The van der Waals surface area contributed by atoms with Crippen molar-refractivity contribution in [3.63, 3.8) is 0 Å². The van der Waals surface area contributed by atoms with Gasteiger partial charge in [0.05, 0.1) is 27.4 Å². The normalized spacial score (nSPS) is 11.3. The number of nitrogens with one attached hydrogen (secondary N) is 2. The van der Waals surface area contributed by atoms with E-state index in [-0.39, 0.29) is 10.8 Å². The van der Waals surface area contributed by atoms with Gasteiger partial charge in [0.2, 0.25) is 5.91 Å². The third-order valence-corrected chi connectivity index (χ3v) is 5.70. The fourth-order valence-corrected chi connectivity index (χ4v) is 4.29. The quantitative estimate of drug-likeness (QED) is 0.671. The Hall–Kier alpha value is -2.65. The molecule has 0 saturated carbocycles. The van der Waals surface area contributed by atoms with Crippen molar-refractivity contribution in [3.05, 3.63) is 42.5 Å². The summed E-state index contributed by atoms with van der Waals surface area (Å²) < 4.78 is 33.7. The monoisotopic (exact) mass is 391 g/mol. The largest absolute Gasteiger partial charge is 0.494 e. The summed E-state index contributed by atoms with van der Waals surface area (Å²) in [5.41, 5.74) is 1.10. The number of hydrogen-bond donors (Lipinski definition) is 2. The minimum atomic E-state index is -3.72. The Morgan fingerprint density at radius 3 is 2.58 bits per heavy atom. The van der Waals surface area contributed by atoms with Crippen LogP contribution in [0.3, 0.4) is 0 Å². The molecule has 3 rings (SSSR count). The van der Waals surface area contributed by atoms with Crippen LogP contribution >= 0.6 is 11.3 Å². The predicted molar refractivity (Wildman–Crippen MR) is 102 cm³/mol. The third kappa shape index (κ3) is 4.12. The molecule has 1 aromatic heterocycles. The maximum Gasteiger partial charge on any atom is 0.261 e. The molecule has 136 valence electrons. The standard InChI is InChI=1S/C17H17N3O4S2/c1-3-24-13-5-7-14(8-6-13)26(22,23)20-12-4-9-15-16(10-12)25-17(19-15)18-11(2)21/h4-10,20H,3H2,1-2H3,(H,18,19,21). The van der Waals surface area contributed by atoms with Crippen molar-refractivity contribution in [1.29, 1.82) is 0 Å². The lowest BCUT2D eigenvalue weighted by Crippen LogP contribution is -2.12. The van der Waals surface area contributed by atoms with Crippen LogP contribution in [-0.2, 0) is 14.8 Å². The zero-order valence-electron chi connectivity index (χ0n) is 14.1. The highest BCUT2D eigenvalue weighted by Gasteiger charge is 2.15. The number of aromatic nitrogens is 1. The van der Waals surface area contributed by atoms with Crippen LogP contribution in [0.1, 0.15) is 13.8 Å². The van der Waals surface area contributed by atoms with Gasteiger partial charge in [-0.2, -0.15) is 0 Å². The summed E-state index contributed by atoms with van der Waals surface area (Å²) in [5, 5.41) is 3.09. The van der Waals surface area contributed by atoms with Crippen molar-refractivity contribution in [2.24, 2.45) is 0 Å². The maximum absolute atomic E-state index is 12.5. The van der Waals surface area contributed by atoms with Crippen LogP contribution in [0.25, 0.3) is 10.2 Å². The number of sulfonamides is 1. The number of nitrogens with zero attached hydrogens (tertiary/aromatic N) is 1. The van der Waals surface area contributed by atoms with Gasteiger partial charge in [-0.25, -0.2) is 13.4 Å². The molecule has 0 spiro atoms. The fourth-order valence-electron chi connectivity index (χ4n) is 2.29. The Kier molecular flexibility index (Phi) is 5.10. The molecule has 0 atom stereocenters. The van der Waals surface area contributed by atoms with E-state index < -0.39 is 10.0 Å². The van der Waals surface area contributed by atoms with Gasteiger partial charge >= 0.3 is 0 Å². The number of carbonyl (C=O) groups excluding carboxylic acids is 1. The van der Waals surface area contributed by atoms with Crippen LogP contribution in [0.5, 0.6) is 5.75 Å². The number of rotatable bonds is 6. The van der Waals surface area contributed by atoms with Crippen molar-refractivity contribution in [3.8, 4) is 5.75 Å². The fraction of sp³-hybridized carbons (Fsp3) is 0.176. The third-order valence-electron chi connectivity index (χ3n) is 3.37. The van der Waals surface area contributed by atoms with Crippen molar-refractivity contribution < 1.29 is 17.9 Å². The molecule has 3 aromatic rings. The van der Waals surface area contributed by atoms with Gasteiger partial charge in [-0.1, -0.05) is 11.3 Å². The van der Waals surface area contributed by atoms with E-state index >= 15 is 0 Å². The Balaban J connectivity index is 1.83. The first-order valence-corrected chi connectivity index (χ1v) is 10.1. The number of carbonyl (C=O) groups is 1. The summed E-state index contributed by atoms with van der Waals surface area (Å²) in [6.45, 7) is 3.78. The second-order valence-corrected chi connectivity index (χ2v) is 8.11. The van der Waals surface area contributed by atoms with Gasteiger partial charge < -0.3 is 10.1 Å². The Labute approximate surface area is 155 Å². The van der Waals surface area contributed by atoms with Crippen molar-refractivity contribution in [1.82, 2.24) is 4.98 Å². The molecule has 2 N–H and O–H groups in total. The molecule has 0 bridgehead atoms. The van der Waals surface area contributed by atoms with E-state index in [0.29, 0.717) is 28.7 Å². The molecule has 0 fully saturated rings. The van der Waals surface area contributed by atoms with E-state index in [4.69, 9.17) is 4.74 Å². The van der Waals surface area contributed by atoms with Crippen LogP contribution < -0.4 is 14.8 Å². The average Bonchev–Trinajstić information content (AvgIpc) is 2.96. The molecule has 7 nitrogen and oxygen atoms in total. The predicted octanol–water partition coefficient (Wildman–Crippen LogP) is 3.45. The van der Waals surface area contributed by atoms with Crippen molar-refractivity contribution in [2.75, 3.05) is 16.6 Å². The molecule has 0 aliphatic rings. The minimum absolute atomic E-state index is 0.143. The molecule has 26 heavy (non-hydrogen) atoms. The Morgan fingerprint density at radius 2 is 1.92 bits per heavy atom. The summed E-state index contributed by atoms with van der Waals surface area (Å²) in [6, 6.07) is 11.2. The highest BCUT2D eigenvalue weighted by atomic mass is 32.2. The number of fused-ring (bicyclic) bond motifs is 1. The second kappa shape index (κ2) is 7.30. The van der Waals surface area contributed by atoms with Crippen LogP contribution in [0.2, 0.25) is 0 Å². The number of thiazole rings is 1. The van der Waals surface area contributed by atoms with Gasteiger partial charge in [-0.05, 0) is 49.4 Å². The number of ether oxygens (including phenoxy) is 1. The molecule has 0 unspecified atom stereocenters. The molecule has 0 radical (unpaired) electrons. The number of hydrogen-bond acceptors (Lipinski definition) is 6. The van der Waals surface area contributed by atoms with E-state index in [9.17, 15) is 13.2 Å². The van der Waals surface area contributed by atoms with Crippen molar-refractivity contribution >= 4 is 48.3 Å². The first-order chi connectivity index (χ1) is 12.4. The SMILES string of the molecule is CCOc1ccc(S(=O)(=O)Nc2ccc3nc(NC(C)=O)sc3c2)cc1. The van der Waals surface area contributed by atoms with E-state index in [1.807, 2.05) is 6.92 Å². The van der Waals surface area contributed by atoms with Gasteiger partial charge in [0.1, 0.15) is 5.75 Å². The molecular weight excluding hydrogens is 374 g/mol. The van der Waals surface area contributed by atoms with Crippen molar-refractivity contribution in [2.45, 2.75) is 18.7 Å². The lowest BCUT2D eigenvalue weighted by Gasteiger charge is -2.09. The van der Waals surface area contributed by atoms with E-state index in [1.54, 1.807) is 30.3 Å². The lowest BCUT2D eigenvalue weighted by atomic mass is 10.3. The Morgan fingerprint density at radius 1 is 1.19 bits per heavy atom. The average molecular weight is 391 g/mol. The van der Waals surface area contributed by atoms with Gasteiger partial charge in [-0.3, -0.25) is 9.52 Å². The molecule has 1 amide bonds. The van der Waals surface area contributed by atoms with Gasteiger partial charge in [0.25, 0.3) is 10.0 Å². The zero-order chi connectivity index (χ0) is 18.7. The molecule has 1 heterocycles. The smallest absolute Gasteiger partial charge is 0.261 e. The first kappa shape index (κ1) is 18.2. The number of benzene rings is 2. The topological polar surface area (TPSA) is 97.4 Å². The van der Waals surface area contributed by atoms with E-state index in [0.717, 1.165) is 4.70 Å². The molecule has 0 aliphatic carbocycles. The molecule has 0 aliphatic heterocycles. The second-order valence-electron chi connectivity index (χ2n) is 5.39. The number of amides is 1. The molecule has 9 heteroatoms. The molecule has 2 aromatic carbocycles. The summed E-state index contributed by atoms with van der Waals surface area (Å²) in [4.78, 5) is 15.5. The minimum Gasteiger partial charge on any atom is -0.494 e. The summed E-state index contributed by atoms with van der Waals surface area (Å²) >= 11 is 1.27. The highest BCUT2D eigenvalue weighted by molar-refractivity contribution is 7.92. The van der Waals surface area contributed by atoms with Crippen LogP contribution in [0.4, 0.5) is 10.8 Å². The summed E-state index contributed by atoms with van der Waals surface area (Å²) in [7, 11) is -3.72. The van der Waals surface area contributed by atoms with Crippen LogP contribution in [0, 0.1) is 0 Å². The molecular formula is C17H17N3O4S2.